The number of fused-ring (bicyclic) bond motifs is 1. The smallest absolute Gasteiger partial charge is 0.410 e. The predicted octanol–water partition coefficient (Wildman–Crippen LogP) is 5.62. The van der Waals surface area contributed by atoms with Crippen LogP contribution in [0.4, 0.5) is 10.5 Å². The van der Waals surface area contributed by atoms with Crippen molar-refractivity contribution in [1.29, 1.82) is 0 Å². The molecule has 0 aromatic heterocycles. The van der Waals surface area contributed by atoms with Crippen LogP contribution in [0.5, 0.6) is 0 Å². The molecule has 0 bridgehead atoms. The first-order chi connectivity index (χ1) is 15.9. The van der Waals surface area contributed by atoms with Gasteiger partial charge in [-0.15, -0.1) is 0 Å². The summed E-state index contributed by atoms with van der Waals surface area (Å²) in [6.45, 7) is 9.17. The first kappa shape index (κ1) is 23.6. The summed E-state index contributed by atoms with van der Waals surface area (Å²) in [5, 5.41) is 0. The van der Waals surface area contributed by atoms with E-state index in [4.69, 9.17) is 9.47 Å². The van der Waals surface area contributed by atoms with Gasteiger partial charge in [0.05, 0.1) is 0 Å². The van der Waals surface area contributed by atoms with Gasteiger partial charge >= 0.3 is 6.09 Å². The van der Waals surface area contributed by atoms with Gasteiger partial charge < -0.3 is 19.3 Å². The highest BCUT2D eigenvalue weighted by Crippen LogP contribution is 2.41. The number of hydrogen-bond acceptors (Lipinski definition) is 4. The largest absolute Gasteiger partial charge is 0.444 e. The molecule has 0 saturated heterocycles. The van der Waals surface area contributed by atoms with Crippen molar-refractivity contribution in [3.63, 3.8) is 0 Å². The Morgan fingerprint density at radius 3 is 2.52 bits per heavy atom. The standard InChI is InChI=1S/C28H38N2O3/c1-28(2,3)33-27(31)30(24-14-15-24)20-23-19-29(16-9-17-32-4)25-13-8-12-22(26(23)25)18-21-10-6-5-7-11-21/h5-8,10-13,23-24H,9,14-20H2,1-4H3. The molecular weight excluding hydrogens is 412 g/mol. The maximum Gasteiger partial charge on any atom is 0.410 e. The van der Waals surface area contributed by atoms with Crippen LogP contribution < -0.4 is 4.90 Å². The Balaban J connectivity index is 1.61. The van der Waals surface area contributed by atoms with Crippen molar-refractivity contribution < 1.29 is 14.3 Å². The molecule has 2 aromatic rings. The van der Waals surface area contributed by atoms with Crippen molar-refractivity contribution >= 4 is 11.8 Å². The Morgan fingerprint density at radius 2 is 1.85 bits per heavy atom. The van der Waals surface area contributed by atoms with E-state index >= 15 is 0 Å². The van der Waals surface area contributed by atoms with Gasteiger partial charge in [-0.25, -0.2) is 4.79 Å². The molecule has 1 amide bonds. The zero-order chi connectivity index (χ0) is 23.4. The van der Waals surface area contributed by atoms with Crippen molar-refractivity contribution in [2.45, 2.75) is 64.0 Å². The van der Waals surface area contributed by atoms with E-state index in [1.165, 1.54) is 22.4 Å². The molecule has 33 heavy (non-hydrogen) atoms. The van der Waals surface area contributed by atoms with Crippen LogP contribution in [0, 0.1) is 0 Å². The molecule has 1 aliphatic carbocycles. The highest BCUT2D eigenvalue weighted by atomic mass is 16.6. The van der Waals surface area contributed by atoms with E-state index in [-0.39, 0.29) is 12.0 Å². The number of amides is 1. The third-order valence-electron chi connectivity index (χ3n) is 6.41. The maximum absolute atomic E-state index is 13.1. The van der Waals surface area contributed by atoms with Gasteiger partial charge in [0.2, 0.25) is 0 Å². The quantitative estimate of drug-likeness (QED) is 0.465. The van der Waals surface area contributed by atoms with Gasteiger partial charge in [0.15, 0.2) is 0 Å². The third-order valence-corrected chi connectivity index (χ3v) is 6.41. The summed E-state index contributed by atoms with van der Waals surface area (Å²) in [7, 11) is 1.76. The zero-order valence-electron chi connectivity index (χ0n) is 20.5. The molecule has 2 aliphatic rings. The maximum atomic E-state index is 13.1. The third kappa shape index (κ3) is 6.08. The van der Waals surface area contributed by atoms with E-state index in [2.05, 4.69) is 53.4 Å². The summed E-state index contributed by atoms with van der Waals surface area (Å²) in [4.78, 5) is 17.6. The second-order valence-electron chi connectivity index (χ2n) is 10.4. The van der Waals surface area contributed by atoms with E-state index in [9.17, 15) is 4.79 Å². The molecule has 1 heterocycles. The molecule has 1 fully saturated rings. The van der Waals surface area contributed by atoms with E-state index in [1.54, 1.807) is 7.11 Å². The number of carbonyl (C=O) groups excluding carboxylic acids is 1. The first-order valence-electron chi connectivity index (χ1n) is 12.2. The van der Waals surface area contributed by atoms with Crippen LogP contribution in [0.2, 0.25) is 0 Å². The van der Waals surface area contributed by atoms with Gasteiger partial charge in [0.1, 0.15) is 5.60 Å². The number of carbonyl (C=O) groups is 1. The minimum absolute atomic E-state index is 0.176. The lowest BCUT2D eigenvalue weighted by atomic mass is 9.91. The summed E-state index contributed by atoms with van der Waals surface area (Å²) in [5.74, 6) is 0.274. The monoisotopic (exact) mass is 450 g/mol. The Morgan fingerprint density at radius 1 is 1.09 bits per heavy atom. The molecule has 1 saturated carbocycles. The summed E-state index contributed by atoms with van der Waals surface area (Å²) in [6, 6.07) is 17.6. The van der Waals surface area contributed by atoms with Crippen LogP contribution in [0.25, 0.3) is 0 Å². The van der Waals surface area contributed by atoms with Gasteiger partial charge in [0, 0.05) is 51.0 Å². The Labute approximate surface area is 198 Å². The van der Waals surface area contributed by atoms with E-state index < -0.39 is 5.60 Å². The Bertz CT molecular complexity index is 934. The molecule has 1 unspecified atom stereocenters. The number of rotatable bonds is 9. The van der Waals surface area contributed by atoms with Crippen molar-refractivity contribution in [3.05, 3.63) is 65.2 Å². The predicted molar refractivity (Wildman–Crippen MR) is 133 cm³/mol. The van der Waals surface area contributed by atoms with Gasteiger partial charge in [-0.05, 0) is 69.2 Å². The topological polar surface area (TPSA) is 42.0 Å². The molecule has 2 aromatic carbocycles. The summed E-state index contributed by atoms with van der Waals surface area (Å²) < 4.78 is 11.1. The van der Waals surface area contributed by atoms with Crippen molar-refractivity contribution in [1.82, 2.24) is 4.90 Å². The number of hydrogen-bond donors (Lipinski definition) is 0. The SMILES string of the molecule is COCCCN1CC(CN(C(=O)OC(C)(C)C)C2CC2)c2c(Cc3ccccc3)cccc21. The molecule has 178 valence electrons. The van der Waals surface area contributed by atoms with Crippen molar-refractivity contribution in [3.8, 4) is 0 Å². The van der Waals surface area contributed by atoms with Crippen LogP contribution in [0.1, 0.15) is 62.6 Å². The minimum Gasteiger partial charge on any atom is -0.444 e. The average Bonchev–Trinajstić information content (AvgIpc) is 3.54. The van der Waals surface area contributed by atoms with Crippen LogP contribution >= 0.6 is 0 Å². The fourth-order valence-corrected chi connectivity index (χ4v) is 4.85. The fourth-order valence-electron chi connectivity index (χ4n) is 4.85. The van der Waals surface area contributed by atoms with Crippen molar-refractivity contribution in [2.75, 3.05) is 38.3 Å². The van der Waals surface area contributed by atoms with Crippen LogP contribution in [-0.2, 0) is 15.9 Å². The Hall–Kier alpha value is -2.53. The lowest BCUT2D eigenvalue weighted by molar-refractivity contribution is 0.0223. The summed E-state index contributed by atoms with van der Waals surface area (Å²) in [6.07, 6.45) is 3.86. The zero-order valence-corrected chi connectivity index (χ0v) is 20.5. The lowest BCUT2D eigenvalue weighted by Gasteiger charge is -2.30. The number of methoxy groups -OCH3 is 1. The summed E-state index contributed by atoms with van der Waals surface area (Å²) in [5.41, 5.74) is 4.90. The molecule has 5 heteroatoms. The second-order valence-corrected chi connectivity index (χ2v) is 10.4. The van der Waals surface area contributed by atoms with Gasteiger partial charge in [0.25, 0.3) is 0 Å². The van der Waals surface area contributed by atoms with Gasteiger partial charge in [-0.1, -0.05) is 42.5 Å². The van der Waals surface area contributed by atoms with Gasteiger partial charge in [-0.3, -0.25) is 0 Å². The average molecular weight is 451 g/mol. The van der Waals surface area contributed by atoms with E-state index in [0.29, 0.717) is 12.6 Å². The van der Waals surface area contributed by atoms with E-state index in [0.717, 1.165) is 45.4 Å². The molecule has 0 radical (unpaired) electrons. The number of nitrogens with zero attached hydrogens (tertiary/aromatic N) is 2. The van der Waals surface area contributed by atoms with E-state index in [1.807, 2.05) is 25.7 Å². The van der Waals surface area contributed by atoms with Gasteiger partial charge in [-0.2, -0.15) is 0 Å². The highest BCUT2D eigenvalue weighted by molar-refractivity contribution is 5.70. The first-order valence-corrected chi connectivity index (χ1v) is 12.2. The molecule has 0 N–H and O–H groups in total. The molecule has 1 atom stereocenters. The van der Waals surface area contributed by atoms with Crippen LogP contribution in [0.15, 0.2) is 48.5 Å². The Kier molecular flexibility index (Phi) is 7.28. The highest BCUT2D eigenvalue weighted by Gasteiger charge is 2.39. The van der Waals surface area contributed by atoms with Crippen molar-refractivity contribution in [2.24, 2.45) is 0 Å². The molecule has 1 aliphatic heterocycles. The van der Waals surface area contributed by atoms with Crippen LogP contribution in [0.3, 0.4) is 0 Å². The molecular formula is C28H38N2O3. The fraction of sp³-hybridized carbons (Fsp3) is 0.536. The molecule has 4 rings (SSSR count). The molecule has 0 spiro atoms. The minimum atomic E-state index is -0.484. The second kappa shape index (κ2) is 10.2. The summed E-state index contributed by atoms with van der Waals surface area (Å²) >= 11 is 0. The lowest BCUT2D eigenvalue weighted by Crippen LogP contribution is -2.41. The normalized spacial score (nSPS) is 17.7. The number of benzene rings is 2. The molecule has 5 nitrogen and oxygen atoms in total. The number of ether oxygens (including phenoxy) is 2. The number of anilines is 1. The van der Waals surface area contributed by atoms with Crippen LogP contribution in [-0.4, -0.2) is 56.0 Å².